The van der Waals surface area contributed by atoms with Crippen LogP contribution in [0.5, 0.6) is 0 Å². The van der Waals surface area contributed by atoms with Gasteiger partial charge in [0.05, 0.1) is 25.4 Å². The second kappa shape index (κ2) is 15.7. The van der Waals surface area contributed by atoms with Gasteiger partial charge in [-0.1, -0.05) is 0 Å². The van der Waals surface area contributed by atoms with Crippen LogP contribution >= 0.6 is 0 Å². The van der Waals surface area contributed by atoms with Crippen molar-refractivity contribution in [1.29, 1.82) is 0 Å². The Morgan fingerprint density at radius 1 is 0.933 bits per heavy atom. The number of ether oxygens (including phenoxy) is 5. The third-order valence-electron chi connectivity index (χ3n) is 7.42. The molecule has 1 saturated carbocycles. The number of aliphatic hydroxyl groups excluding tert-OH is 7. The lowest BCUT2D eigenvalue weighted by Crippen LogP contribution is -2.67. The first kappa shape index (κ1) is 39.1. The fourth-order valence-electron chi connectivity index (χ4n) is 5.10. The first-order valence-electron chi connectivity index (χ1n) is 13.1. The Bertz CT molecular complexity index is 1110. The Hall–Kier alpha value is -2.11. The van der Waals surface area contributed by atoms with Crippen LogP contribution in [-0.4, -0.2) is 182 Å². The number of aliphatic imine (C=N–C) groups is 1. The van der Waals surface area contributed by atoms with Gasteiger partial charge in [0.2, 0.25) is 0 Å². The lowest BCUT2D eigenvalue weighted by atomic mass is 9.83. The standard InChI is InChI=1S/C21H39N5O14.H2O4S/c1-5-21(35,4-28)16(40-17-8(25-2)11(31)9(29)6(3-27)37-17)18(36-5)38-15-13(33)10(30)7(26-19(22)23)12(32)14(15)39-20(24)34;1-5(2,3)4/h5-18,25,27-33,35H,3-4H2,1-2H3,(H2,24,34)(H4,22,23,26);(H2,1,2,3,4)/p-2. The fraction of sp³-hybridized carbons (Fsp3) is 0.905. The molecule has 23 nitrogen and oxygen atoms in total. The number of nitrogens with one attached hydrogen (secondary N) is 1. The Morgan fingerprint density at radius 3 is 1.98 bits per heavy atom. The van der Waals surface area contributed by atoms with Gasteiger partial charge in [-0.25, -0.2) is 9.79 Å². The highest BCUT2D eigenvalue weighted by Crippen LogP contribution is 2.39. The molecule has 2 saturated heterocycles. The number of amides is 1. The van der Waals surface area contributed by atoms with Crippen LogP contribution in [-0.2, 0) is 34.1 Å². The number of carbonyl (C=O) groups excluding carboxylic acids is 1. The molecule has 0 bridgehead atoms. The molecule has 15 N–H and O–H groups in total. The van der Waals surface area contributed by atoms with Gasteiger partial charge in [0, 0.05) is 10.4 Å². The van der Waals surface area contributed by atoms with E-state index in [2.05, 4.69) is 10.3 Å². The van der Waals surface area contributed by atoms with Gasteiger partial charge in [0.1, 0.15) is 60.5 Å². The zero-order valence-electron chi connectivity index (χ0n) is 23.7. The third kappa shape index (κ3) is 9.25. The normalized spacial score (nSPS) is 43.6. The van der Waals surface area contributed by atoms with Crippen molar-refractivity contribution < 1.29 is 86.9 Å². The van der Waals surface area contributed by atoms with E-state index in [0.717, 1.165) is 0 Å². The minimum atomic E-state index is -5.17. The largest absolute Gasteiger partial charge is 0.759 e. The first-order valence-corrected chi connectivity index (χ1v) is 14.4. The highest BCUT2D eigenvalue weighted by atomic mass is 32.3. The number of nitrogens with zero attached hydrogens (tertiary/aromatic N) is 1. The summed E-state index contributed by atoms with van der Waals surface area (Å²) >= 11 is 0. The summed E-state index contributed by atoms with van der Waals surface area (Å²) in [4.78, 5) is 15.3. The quantitative estimate of drug-likeness (QED) is 0.0465. The Balaban J connectivity index is 0.00000130. The Kier molecular flexibility index (Phi) is 13.6. The third-order valence-corrected chi connectivity index (χ3v) is 7.42. The fourth-order valence-corrected chi connectivity index (χ4v) is 5.10. The van der Waals surface area contributed by atoms with Crippen molar-refractivity contribution in [2.75, 3.05) is 20.3 Å². The zero-order valence-corrected chi connectivity index (χ0v) is 24.6. The van der Waals surface area contributed by atoms with E-state index < -0.39 is 127 Å². The Labute approximate surface area is 255 Å². The molecule has 0 aromatic carbocycles. The molecule has 2 aliphatic heterocycles. The summed E-state index contributed by atoms with van der Waals surface area (Å²) in [6.45, 7) is -0.296. The van der Waals surface area contributed by atoms with Crippen LogP contribution in [0.2, 0.25) is 0 Å². The predicted octanol–water partition coefficient (Wildman–Crippen LogP) is -8.88. The van der Waals surface area contributed by atoms with E-state index in [9.17, 15) is 45.6 Å². The molecular weight excluding hydrogens is 642 g/mol. The van der Waals surface area contributed by atoms with Crippen LogP contribution in [0.3, 0.4) is 0 Å². The molecule has 45 heavy (non-hydrogen) atoms. The van der Waals surface area contributed by atoms with Crippen molar-refractivity contribution in [3.63, 3.8) is 0 Å². The summed E-state index contributed by atoms with van der Waals surface area (Å²) in [6.07, 6.45) is -20.9. The van der Waals surface area contributed by atoms with Crippen LogP contribution in [0.1, 0.15) is 6.92 Å². The molecule has 1 aliphatic carbocycles. The second-order valence-electron chi connectivity index (χ2n) is 10.3. The van der Waals surface area contributed by atoms with Crippen molar-refractivity contribution in [3.8, 4) is 0 Å². The van der Waals surface area contributed by atoms with Crippen molar-refractivity contribution in [3.05, 3.63) is 0 Å². The van der Waals surface area contributed by atoms with Crippen molar-refractivity contribution >= 4 is 22.5 Å². The molecule has 0 spiro atoms. The molecule has 15 unspecified atom stereocenters. The SMILES string of the molecule is CNC1C(OC2C(OC3C(O)C(O)C(N=C(N)N)C(O)C3OC(N)=O)OC(C)C2(O)CO)OC(CO)C(O)C1O.O=S(=O)([O-])[O-]. The molecule has 3 aliphatic rings. The molecule has 3 rings (SSSR count). The lowest BCUT2D eigenvalue weighted by molar-refractivity contribution is -0.321. The van der Waals surface area contributed by atoms with Gasteiger partial charge in [-0.05, 0) is 14.0 Å². The monoisotopic (exact) mass is 681 g/mol. The van der Waals surface area contributed by atoms with Gasteiger partial charge >= 0.3 is 6.09 Å². The number of likely N-dealkylation sites (N-methyl/N-ethyl adjacent to an activating group) is 1. The first-order chi connectivity index (χ1) is 20.7. The molecule has 15 atom stereocenters. The van der Waals surface area contributed by atoms with Crippen LogP contribution in [0.15, 0.2) is 4.99 Å². The molecule has 0 radical (unpaired) electrons. The zero-order chi connectivity index (χ0) is 34.6. The van der Waals surface area contributed by atoms with Crippen LogP contribution in [0.25, 0.3) is 0 Å². The number of aliphatic hydroxyl groups is 8. The number of hydrogen-bond donors (Lipinski definition) is 12. The van der Waals surface area contributed by atoms with E-state index in [4.69, 9.17) is 58.4 Å². The van der Waals surface area contributed by atoms with Gasteiger partial charge in [0.15, 0.2) is 24.6 Å². The minimum absolute atomic E-state index is 0.554. The van der Waals surface area contributed by atoms with Gasteiger partial charge < -0.3 is 96.2 Å². The molecule has 3 fully saturated rings. The topological polar surface area (TPSA) is 408 Å². The van der Waals surface area contributed by atoms with Crippen LogP contribution in [0.4, 0.5) is 4.79 Å². The maximum absolute atomic E-state index is 11.6. The van der Waals surface area contributed by atoms with Crippen LogP contribution < -0.4 is 22.5 Å². The van der Waals surface area contributed by atoms with Crippen molar-refractivity contribution in [1.82, 2.24) is 5.32 Å². The molecular formula is C21H39N5O18S-2. The molecule has 2 heterocycles. The average Bonchev–Trinajstić information content (AvgIpc) is 3.16. The van der Waals surface area contributed by atoms with Gasteiger partial charge in [-0.2, -0.15) is 0 Å². The van der Waals surface area contributed by atoms with Crippen LogP contribution in [0, 0.1) is 0 Å². The number of carbonyl (C=O) groups is 1. The second-order valence-corrected chi connectivity index (χ2v) is 11.1. The molecule has 0 aromatic rings. The van der Waals surface area contributed by atoms with E-state index in [1.165, 1.54) is 14.0 Å². The van der Waals surface area contributed by atoms with Gasteiger partial charge in [-0.15, -0.1) is 0 Å². The van der Waals surface area contributed by atoms with Crippen molar-refractivity contribution in [2.24, 2.45) is 22.2 Å². The summed E-state index contributed by atoms with van der Waals surface area (Å²) in [6, 6.07) is -2.68. The molecule has 264 valence electrons. The molecule has 1 amide bonds. The molecule has 24 heteroatoms. The number of primary amides is 1. The highest BCUT2D eigenvalue weighted by Gasteiger charge is 2.61. The maximum Gasteiger partial charge on any atom is 0.404 e. The number of guanidine groups is 1. The summed E-state index contributed by atoms with van der Waals surface area (Å²) in [5.41, 5.74) is 13.6. The van der Waals surface area contributed by atoms with Gasteiger partial charge in [-0.3, -0.25) is 8.42 Å². The maximum atomic E-state index is 11.6. The van der Waals surface area contributed by atoms with E-state index in [1.54, 1.807) is 0 Å². The smallest absolute Gasteiger partial charge is 0.404 e. The van der Waals surface area contributed by atoms with Gasteiger partial charge in [0.25, 0.3) is 0 Å². The van der Waals surface area contributed by atoms with E-state index in [0.29, 0.717) is 0 Å². The number of nitrogens with two attached hydrogens (primary N) is 3. The summed E-state index contributed by atoms with van der Waals surface area (Å²) in [5.74, 6) is -0.554. The van der Waals surface area contributed by atoms with E-state index in [-0.39, 0.29) is 0 Å². The molecule has 0 aromatic heterocycles. The predicted molar refractivity (Wildman–Crippen MR) is 139 cm³/mol. The highest BCUT2D eigenvalue weighted by molar-refractivity contribution is 7.79. The summed E-state index contributed by atoms with van der Waals surface area (Å²) < 4.78 is 61.9. The number of rotatable bonds is 9. The average molecular weight is 682 g/mol. The Morgan fingerprint density at radius 2 is 1.51 bits per heavy atom. The lowest BCUT2D eigenvalue weighted by Gasteiger charge is -2.46. The summed E-state index contributed by atoms with van der Waals surface area (Å²) in [7, 11) is -3.75. The minimum Gasteiger partial charge on any atom is -0.759 e. The number of hydrogen-bond acceptors (Lipinski definition) is 20. The van der Waals surface area contributed by atoms with Crippen molar-refractivity contribution in [2.45, 2.75) is 98.2 Å². The van der Waals surface area contributed by atoms with E-state index in [1.807, 2.05) is 0 Å². The summed E-state index contributed by atoms with van der Waals surface area (Å²) in [5, 5.41) is 86.6. The van der Waals surface area contributed by atoms with E-state index >= 15 is 0 Å².